The van der Waals surface area contributed by atoms with Crippen LogP contribution in [0.15, 0.2) is 47.9 Å². The molecule has 0 spiro atoms. The highest BCUT2D eigenvalue weighted by Gasteiger charge is 2.40. The maximum atomic E-state index is 13.1. The van der Waals surface area contributed by atoms with Gasteiger partial charge in [0.05, 0.1) is 12.4 Å². The molecule has 8 heteroatoms. The van der Waals surface area contributed by atoms with Gasteiger partial charge < -0.3 is 14.6 Å². The van der Waals surface area contributed by atoms with Gasteiger partial charge in [0.1, 0.15) is 0 Å². The number of nitrogens with zero attached hydrogens (tertiary/aromatic N) is 3. The minimum absolute atomic E-state index is 0.0509. The molecule has 0 radical (unpaired) electrons. The van der Waals surface area contributed by atoms with E-state index in [9.17, 15) is 8.42 Å². The summed E-state index contributed by atoms with van der Waals surface area (Å²) in [4.78, 5) is 4.07. The van der Waals surface area contributed by atoms with Crippen molar-refractivity contribution in [3.05, 3.63) is 48.4 Å². The number of ether oxygens (including phenoxy) is 1. The number of aryl methyl sites for hydroxylation is 1. The van der Waals surface area contributed by atoms with E-state index >= 15 is 0 Å². The first kappa shape index (κ1) is 22.0. The van der Waals surface area contributed by atoms with Crippen LogP contribution in [0.25, 0.3) is 0 Å². The van der Waals surface area contributed by atoms with Crippen molar-refractivity contribution < 1.29 is 13.2 Å². The second kappa shape index (κ2) is 9.84. The van der Waals surface area contributed by atoms with Gasteiger partial charge in [0.25, 0.3) is 10.0 Å². The summed E-state index contributed by atoms with van der Waals surface area (Å²) < 4.78 is 34.9. The predicted molar refractivity (Wildman–Crippen MR) is 113 cm³/mol. The molecular formula is C21H32N4O3S. The lowest BCUT2D eigenvalue weighted by molar-refractivity contribution is 0.0867. The second-order valence-electron chi connectivity index (χ2n) is 7.71. The Hall–Kier alpha value is -1.74. The molecular weight excluding hydrogens is 388 g/mol. The zero-order valence-electron chi connectivity index (χ0n) is 17.5. The molecule has 1 N–H and O–H groups in total. The Bertz CT molecular complexity index is 869. The smallest absolute Gasteiger partial charge is 0.262 e. The van der Waals surface area contributed by atoms with Crippen LogP contribution in [0.3, 0.4) is 0 Å². The summed E-state index contributed by atoms with van der Waals surface area (Å²) >= 11 is 0. The highest BCUT2D eigenvalue weighted by Crippen LogP contribution is 2.31. The fraction of sp³-hybridized carbons (Fsp3) is 0.571. The molecule has 0 bridgehead atoms. The number of hydrogen-bond acceptors (Lipinski definition) is 5. The van der Waals surface area contributed by atoms with Crippen LogP contribution in [0.4, 0.5) is 0 Å². The summed E-state index contributed by atoms with van der Waals surface area (Å²) in [5.41, 5.74) is 1.15. The van der Waals surface area contributed by atoms with Crippen molar-refractivity contribution in [2.24, 2.45) is 7.05 Å². The quantitative estimate of drug-likeness (QED) is 0.639. The number of methoxy groups -OCH3 is 1. The van der Waals surface area contributed by atoms with Crippen LogP contribution < -0.4 is 5.32 Å². The molecule has 2 unspecified atom stereocenters. The Kier molecular flexibility index (Phi) is 7.45. The van der Waals surface area contributed by atoms with Gasteiger partial charge in [-0.05, 0) is 24.9 Å². The fourth-order valence-electron chi connectivity index (χ4n) is 3.99. The molecule has 0 amide bonds. The highest BCUT2D eigenvalue weighted by atomic mass is 32.2. The molecule has 1 aliphatic rings. The van der Waals surface area contributed by atoms with Crippen LogP contribution in [-0.2, 0) is 21.8 Å². The molecule has 1 fully saturated rings. The van der Waals surface area contributed by atoms with E-state index in [4.69, 9.17) is 4.74 Å². The van der Waals surface area contributed by atoms with E-state index in [2.05, 4.69) is 29.4 Å². The third kappa shape index (κ3) is 5.25. The first-order valence-corrected chi connectivity index (χ1v) is 11.7. The zero-order chi connectivity index (χ0) is 20.9. The SMILES string of the molecule is CCCC(CCN[C@@H]1CN(S(=O)(=O)c2cn(C)cn2)CC1c1ccccc1)OC. The van der Waals surface area contributed by atoms with Crippen molar-refractivity contribution in [3.63, 3.8) is 0 Å². The van der Waals surface area contributed by atoms with Crippen LogP contribution >= 0.6 is 0 Å². The standard InChI is InChI=1S/C21H32N4O3S/c1-4-8-18(28-3)11-12-22-20-14-25(13-19(20)17-9-6-5-7-10-17)29(26,27)21-15-24(2)16-23-21/h5-7,9-10,15-16,18-20,22H,4,8,11-14H2,1-3H3/t18?,19?,20-/m1/s1. The molecule has 0 saturated carbocycles. The Morgan fingerprint density at radius 1 is 1.24 bits per heavy atom. The van der Waals surface area contributed by atoms with Crippen molar-refractivity contribution in [1.82, 2.24) is 19.2 Å². The maximum Gasteiger partial charge on any atom is 0.262 e. The lowest BCUT2D eigenvalue weighted by atomic mass is 9.94. The Balaban J connectivity index is 1.74. The van der Waals surface area contributed by atoms with Gasteiger partial charge in [0.15, 0.2) is 5.03 Å². The van der Waals surface area contributed by atoms with Gasteiger partial charge in [-0.25, -0.2) is 13.4 Å². The monoisotopic (exact) mass is 420 g/mol. The molecule has 1 aromatic heterocycles. The fourth-order valence-corrected chi connectivity index (χ4v) is 5.45. The summed E-state index contributed by atoms with van der Waals surface area (Å²) in [7, 11) is -0.0824. The number of rotatable bonds is 10. The van der Waals surface area contributed by atoms with E-state index in [1.165, 1.54) is 6.33 Å². The summed E-state index contributed by atoms with van der Waals surface area (Å²) in [6.45, 7) is 3.83. The Labute approximate surface area is 174 Å². The number of imidazole rings is 1. The van der Waals surface area contributed by atoms with Crippen molar-refractivity contribution in [3.8, 4) is 0 Å². The van der Waals surface area contributed by atoms with E-state index in [1.54, 1.807) is 29.2 Å². The molecule has 160 valence electrons. The van der Waals surface area contributed by atoms with Gasteiger partial charge >= 0.3 is 0 Å². The lowest BCUT2D eigenvalue weighted by Crippen LogP contribution is -2.38. The number of sulfonamides is 1. The number of nitrogens with one attached hydrogen (secondary N) is 1. The van der Waals surface area contributed by atoms with Gasteiger partial charge in [-0.1, -0.05) is 43.7 Å². The number of benzene rings is 1. The summed E-state index contributed by atoms with van der Waals surface area (Å²) in [6, 6.07) is 10.2. The first-order chi connectivity index (χ1) is 14.0. The Morgan fingerprint density at radius 3 is 2.62 bits per heavy atom. The number of hydrogen-bond donors (Lipinski definition) is 1. The molecule has 7 nitrogen and oxygen atoms in total. The molecule has 29 heavy (non-hydrogen) atoms. The minimum atomic E-state index is -3.61. The minimum Gasteiger partial charge on any atom is -0.381 e. The van der Waals surface area contributed by atoms with Crippen LogP contribution in [0.2, 0.25) is 0 Å². The van der Waals surface area contributed by atoms with Gasteiger partial charge in [-0.15, -0.1) is 0 Å². The van der Waals surface area contributed by atoms with Gasteiger partial charge in [0, 0.05) is 45.4 Å². The summed E-state index contributed by atoms with van der Waals surface area (Å²) in [6.07, 6.45) is 6.34. The Morgan fingerprint density at radius 2 is 2.00 bits per heavy atom. The summed E-state index contributed by atoms with van der Waals surface area (Å²) in [5.74, 6) is 0.0989. The molecule has 1 saturated heterocycles. The van der Waals surface area contributed by atoms with Crippen LogP contribution in [0.1, 0.15) is 37.7 Å². The third-order valence-electron chi connectivity index (χ3n) is 5.62. The molecule has 1 aromatic carbocycles. The van der Waals surface area contributed by atoms with E-state index < -0.39 is 10.0 Å². The van der Waals surface area contributed by atoms with Gasteiger partial charge in [-0.3, -0.25) is 0 Å². The van der Waals surface area contributed by atoms with Crippen LogP contribution in [-0.4, -0.2) is 61.2 Å². The normalized spacial score (nSPS) is 21.5. The van der Waals surface area contributed by atoms with E-state index in [1.807, 2.05) is 18.2 Å². The van der Waals surface area contributed by atoms with Crippen molar-refractivity contribution in [1.29, 1.82) is 0 Å². The third-order valence-corrected chi connectivity index (χ3v) is 7.33. The van der Waals surface area contributed by atoms with Crippen LogP contribution in [0.5, 0.6) is 0 Å². The second-order valence-corrected chi connectivity index (χ2v) is 9.60. The average Bonchev–Trinajstić information content (AvgIpc) is 3.35. The largest absolute Gasteiger partial charge is 0.381 e. The molecule has 1 aliphatic heterocycles. The van der Waals surface area contributed by atoms with Gasteiger partial charge in [-0.2, -0.15) is 4.31 Å². The molecule has 3 rings (SSSR count). The molecule has 2 aromatic rings. The van der Waals surface area contributed by atoms with Crippen LogP contribution in [0, 0.1) is 0 Å². The maximum absolute atomic E-state index is 13.1. The van der Waals surface area contributed by atoms with E-state index in [0.29, 0.717) is 13.1 Å². The molecule has 0 aliphatic carbocycles. The lowest BCUT2D eigenvalue weighted by Gasteiger charge is -2.22. The van der Waals surface area contributed by atoms with Gasteiger partial charge in [0.2, 0.25) is 0 Å². The summed E-state index contributed by atoms with van der Waals surface area (Å²) in [5, 5.41) is 3.71. The zero-order valence-corrected chi connectivity index (χ0v) is 18.3. The predicted octanol–water partition coefficient (Wildman–Crippen LogP) is 2.37. The first-order valence-electron chi connectivity index (χ1n) is 10.2. The number of aromatic nitrogens is 2. The highest BCUT2D eigenvalue weighted by molar-refractivity contribution is 7.89. The average molecular weight is 421 g/mol. The molecule has 2 heterocycles. The van der Waals surface area contributed by atoms with Crippen molar-refractivity contribution >= 4 is 10.0 Å². The topological polar surface area (TPSA) is 76.5 Å². The van der Waals surface area contributed by atoms with E-state index in [-0.39, 0.29) is 23.1 Å². The van der Waals surface area contributed by atoms with E-state index in [0.717, 1.165) is 31.4 Å². The van der Waals surface area contributed by atoms with Crippen molar-refractivity contribution in [2.75, 3.05) is 26.7 Å². The van der Waals surface area contributed by atoms with Crippen molar-refractivity contribution in [2.45, 2.75) is 49.3 Å². The molecule has 3 atom stereocenters.